The molecule has 1 aliphatic heterocycles. The molecular formula is C16H15ClFNO. The van der Waals surface area contributed by atoms with Crippen LogP contribution in [0.3, 0.4) is 0 Å². The molecule has 0 saturated carbocycles. The van der Waals surface area contributed by atoms with E-state index in [1.807, 2.05) is 12.1 Å². The van der Waals surface area contributed by atoms with E-state index in [2.05, 4.69) is 18.3 Å². The van der Waals surface area contributed by atoms with Crippen molar-refractivity contribution in [3.05, 3.63) is 58.4 Å². The minimum atomic E-state index is -0.416. The highest BCUT2D eigenvalue weighted by Gasteiger charge is 2.22. The van der Waals surface area contributed by atoms with Crippen LogP contribution in [0.1, 0.15) is 11.1 Å². The average molecular weight is 292 g/mol. The van der Waals surface area contributed by atoms with Gasteiger partial charge in [-0.25, -0.2) is 4.39 Å². The van der Waals surface area contributed by atoms with E-state index in [4.69, 9.17) is 16.3 Å². The Bertz CT molecular complexity index is 644. The van der Waals surface area contributed by atoms with Gasteiger partial charge in [-0.05, 0) is 30.7 Å². The Kier molecular flexibility index (Phi) is 3.53. The predicted octanol–water partition coefficient (Wildman–Crippen LogP) is 4.20. The van der Waals surface area contributed by atoms with Crippen LogP contribution in [0.15, 0.2) is 36.4 Å². The van der Waals surface area contributed by atoms with E-state index in [-0.39, 0.29) is 11.1 Å². The first-order valence-electron chi connectivity index (χ1n) is 6.57. The molecule has 0 aliphatic carbocycles. The van der Waals surface area contributed by atoms with Crippen LogP contribution in [0.2, 0.25) is 5.02 Å². The lowest BCUT2D eigenvalue weighted by molar-refractivity contribution is 0.246. The van der Waals surface area contributed by atoms with Gasteiger partial charge in [-0.2, -0.15) is 0 Å². The van der Waals surface area contributed by atoms with E-state index in [0.717, 1.165) is 12.2 Å². The molecule has 1 atom stereocenters. The van der Waals surface area contributed by atoms with Crippen LogP contribution in [-0.4, -0.2) is 12.6 Å². The summed E-state index contributed by atoms with van der Waals surface area (Å²) in [6.45, 7) is 2.61. The minimum Gasteiger partial charge on any atom is -0.488 e. The maximum absolute atomic E-state index is 13.8. The number of rotatable bonds is 3. The second-order valence-electron chi connectivity index (χ2n) is 5.04. The Morgan fingerprint density at radius 2 is 2.20 bits per heavy atom. The SMILES string of the molecule is Cc1ccc2c(c1)CC(CNc1cccc(Cl)c1F)O2. The molecule has 0 amide bonds. The number of ether oxygens (including phenoxy) is 1. The van der Waals surface area contributed by atoms with Gasteiger partial charge >= 0.3 is 0 Å². The largest absolute Gasteiger partial charge is 0.488 e. The van der Waals surface area contributed by atoms with Crippen LogP contribution in [0.5, 0.6) is 5.75 Å². The van der Waals surface area contributed by atoms with Crippen molar-refractivity contribution in [2.75, 3.05) is 11.9 Å². The molecule has 0 spiro atoms. The monoisotopic (exact) mass is 291 g/mol. The van der Waals surface area contributed by atoms with E-state index in [1.165, 1.54) is 17.2 Å². The quantitative estimate of drug-likeness (QED) is 0.915. The van der Waals surface area contributed by atoms with Gasteiger partial charge < -0.3 is 10.1 Å². The molecule has 104 valence electrons. The molecule has 1 heterocycles. The molecule has 1 unspecified atom stereocenters. The first kappa shape index (κ1) is 13.3. The number of aryl methyl sites for hydroxylation is 1. The maximum atomic E-state index is 13.8. The molecule has 4 heteroatoms. The summed E-state index contributed by atoms with van der Waals surface area (Å²) in [5.41, 5.74) is 2.85. The van der Waals surface area contributed by atoms with Gasteiger partial charge in [-0.15, -0.1) is 0 Å². The molecule has 3 rings (SSSR count). The molecule has 2 nitrogen and oxygen atoms in total. The highest BCUT2D eigenvalue weighted by atomic mass is 35.5. The summed E-state index contributed by atoms with van der Waals surface area (Å²) in [5, 5.41) is 3.19. The van der Waals surface area contributed by atoms with Gasteiger partial charge in [0.25, 0.3) is 0 Å². The van der Waals surface area contributed by atoms with Gasteiger partial charge in [0.2, 0.25) is 0 Å². The van der Waals surface area contributed by atoms with Gasteiger partial charge in [0.05, 0.1) is 17.3 Å². The molecule has 0 bridgehead atoms. The van der Waals surface area contributed by atoms with Gasteiger partial charge in [0.1, 0.15) is 11.9 Å². The molecule has 0 saturated heterocycles. The minimum absolute atomic E-state index is 0.0187. The maximum Gasteiger partial charge on any atom is 0.164 e. The third-order valence-electron chi connectivity index (χ3n) is 3.43. The predicted molar refractivity (Wildman–Crippen MR) is 79.2 cm³/mol. The molecule has 1 N–H and O–H groups in total. The molecule has 2 aromatic carbocycles. The summed E-state index contributed by atoms with van der Waals surface area (Å²) >= 11 is 5.75. The molecule has 2 aromatic rings. The standard InChI is InChI=1S/C16H15ClFNO/c1-10-5-6-15-11(7-10)8-12(20-15)9-19-14-4-2-3-13(17)16(14)18/h2-7,12,19H,8-9H2,1H3. The van der Waals surface area contributed by atoms with E-state index < -0.39 is 5.82 Å². The van der Waals surface area contributed by atoms with Crippen molar-refractivity contribution < 1.29 is 9.13 Å². The number of fused-ring (bicyclic) bond motifs is 1. The molecule has 0 radical (unpaired) electrons. The van der Waals surface area contributed by atoms with Crippen molar-refractivity contribution >= 4 is 17.3 Å². The highest BCUT2D eigenvalue weighted by molar-refractivity contribution is 6.31. The van der Waals surface area contributed by atoms with Crippen LogP contribution < -0.4 is 10.1 Å². The fourth-order valence-electron chi connectivity index (χ4n) is 2.43. The van der Waals surface area contributed by atoms with Crippen molar-refractivity contribution in [2.24, 2.45) is 0 Å². The van der Waals surface area contributed by atoms with E-state index in [9.17, 15) is 4.39 Å². The lowest BCUT2D eigenvalue weighted by Crippen LogP contribution is -2.24. The van der Waals surface area contributed by atoms with Crippen molar-refractivity contribution in [3.63, 3.8) is 0 Å². The third-order valence-corrected chi connectivity index (χ3v) is 3.72. The number of anilines is 1. The van der Waals surface area contributed by atoms with E-state index in [0.29, 0.717) is 12.2 Å². The van der Waals surface area contributed by atoms with Crippen LogP contribution in [0.4, 0.5) is 10.1 Å². The Balaban J connectivity index is 1.65. The molecule has 20 heavy (non-hydrogen) atoms. The van der Waals surface area contributed by atoms with Crippen LogP contribution >= 0.6 is 11.6 Å². The summed E-state index contributed by atoms with van der Waals surface area (Å²) in [4.78, 5) is 0. The van der Waals surface area contributed by atoms with Crippen molar-refractivity contribution in [2.45, 2.75) is 19.4 Å². The third kappa shape index (κ3) is 2.59. The van der Waals surface area contributed by atoms with Crippen LogP contribution in [0.25, 0.3) is 0 Å². The Hall–Kier alpha value is -1.74. The second-order valence-corrected chi connectivity index (χ2v) is 5.44. The Morgan fingerprint density at radius 1 is 1.35 bits per heavy atom. The summed E-state index contributed by atoms with van der Waals surface area (Å²) in [5.74, 6) is 0.509. The summed E-state index contributed by atoms with van der Waals surface area (Å²) < 4.78 is 19.6. The summed E-state index contributed by atoms with van der Waals surface area (Å²) in [7, 11) is 0. The van der Waals surface area contributed by atoms with E-state index in [1.54, 1.807) is 12.1 Å². The topological polar surface area (TPSA) is 21.3 Å². The van der Waals surface area contributed by atoms with Crippen LogP contribution in [0, 0.1) is 12.7 Å². The van der Waals surface area contributed by atoms with Gasteiger partial charge in [-0.1, -0.05) is 35.4 Å². The summed E-state index contributed by atoms with van der Waals surface area (Å²) in [6.07, 6.45) is 0.858. The number of benzene rings is 2. The van der Waals surface area contributed by atoms with Gasteiger partial charge in [0, 0.05) is 6.42 Å². The highest BCUT2D eigenvalue weighted by Crippen LogP contribution is 2.30. The zero-order valence-electron chi connectivity index (χ0n) is 11.1. The average Bonchev–Trinajstić information content (AvgIpc) is 2.82. The normalized spacial score (nSPS) is 16.6. The van der Waals surface area contributed by atoms with Gasteiger partial charge in [0.15, 0.2) is 5.82 Å². The second kappa shape index (κ2) is 5.33. The fourth-order valence-corrected chi connectivity index (χ4v) is 2.60. The molecule has 0 aromatic heterocycles. The number of nitrogens with one attached hydrogen (secondary N) is 1. The van der Waals surface area contributed by atoms with Crippen molar-refractivity contribution in [1.29, 1.82) is 0 Å². The number of hydrogen-bond donors (Lipinski definition) is 1. The smallest absolute Gasteiger partial charge is 0.164 e. The zero-order valence-corrected chi connectivity index (χ0v) is 11.9. The fraction of sp³-hybridized carbons (Fsp3) is 0.250. The van der Waals surface area contributed by atoms with E-state index >= 15 is 0 Å². The summed E-state index contributed by atoms with van der Waals surface area (Å²) in [6, 6.07) is 11.1. The Labute approximate surface area is 122 Å². The number of hydrogen-bond acceptors (Lipinski definition) is 2. The van der Waals surface area contributed by atoms with Crippen molar-refractivity contribution in [3.8, 4) is 5.75 Å². The zero-order chi connectivity index (χ0) is 14.1. The lowest BCUT2D eigenvalue weighted by atomic mass is 10.1. The first-order chi connectivity index (χ1) is 9.63. The van der Waals surface area contributed by atoms with Crippen molar-refractivity contribution in [1.82, 2.24) is 0 Å². The number of halogens is 2. The molecular weight excluding hydrogens is 277 g/mol. The van der Waals surface area contributed by atoms with Crippen LogP contribution in [-0.2, 0) is 6.42 Å². The molecule has 0 fully saturated rings. The van der Waals surface area contributed by atoms with Gasteiger partial charge in [-0.3, -0.25) is 0 Å². The Morgan fingerprint density at radius 3 is 3.05 bits per heavy atom. The lowest BCUT2D eigenvalue weighted by Gasteiger charge is -2.13. The molecule has 1 aliphatic rings. The first-order valence-corrected chi connectivity index (χ1v) is 6.95.